The van der Waals surface area contributed by atoms with Crippen molar-refractivity contribution in [2.24, 2.45) is 5.73 Å². The van der Waals surface area contributed by atoms with Gasteiger partial charge in [0.25, 0.3) is 0 Å². The lowest BCUT2D eigenvalue weighted by atomic mass is 10.0. The number of nitrogens with two attached hydrogens (primary N) is 1. The highest BCUT2D eigenvalue weighted by Gasteiger charge is 2.31. The molecule has 0 fully saturated rings. The van der Waals surface area contributed by atoms with E-state index >= 15 is 0 Å². The fraction of sp³-hybridized carbons (Fsp3) is 0.900. The fourth-order valence-corrected chi connectivity index (χ4v) is 2.70. The molecule has 102 valence electrons. The number of nitrogens with zero attached hydrogens (tertiary/aromatic N) is 1. The number of carbonyl (C=O) groups excluding carboxylic acids is 1. The molecule has 0 radical (unpaired) electrons. The van der Waals surface area contributed by atoms with Gasteiger partial charge in [-0.15, -0.1) is 0 Å². The summed E-state index contributed by atoms with van der Waals surface area (Å²) in [5.74, 6) is -1.24. The SMILES string of the molecule is COC(C)(C)C(N)CS(=O)(=O)CC(=O)N(C)C. The first kappa shape index (κ1) is 16.3. The minimum absolute atomic E-state index is 0.270. The first-order valence-corrected chi connectivity index (χ1v) is 7.05. The molecule has 0 aromatic rings. The summed E-state index contributed by atoms with van der Waals surface area (Å²) in [4.78, 5) is 12.6. The van der Waals surface area contributed by atoms with Gasteiger partial charge in [-0.3, -0.25) is 4.79 Å². The maximum absolute atomic E-state index is 11.7. The van der Waals surface area contributed by atoms with Crippen molar-refractivity contribution in [1.29, 1.82) is 0 Å². The molecular formula is C10H22N2O4S. The van der Waals surface area contributed by atoms with Crippen LogP contribution in [-0.2, 0) is 19.4 Å². The van der Waals surface area contributed by atoms with Crippen molar-refractivity contribution in [3.8, 4) is 0 Å². The van der Waals surface area contributed by atoms with E-state index in [-0.39, 0.29) is 5.75 Å². The van der Waals surface area contributed by atoms with Gasteiger partial charge >= 0.3 is 0 Å². The highest BCUT2D eigenvalue weighted by molar-refractivity contribution is 7.92. The van der Waals surface area contributed by atoms with Crippen molar-refractivity contribution in [3.63, 3.8) is 0 Å². The maximum atomic E-state index is 11.7. The Balaban J connectivity index is 4.62. The van der Waals surface area contributed by atoms with Gasteiger partial charge in [0, 0.05) is 27.2 Å². The van der Waals surface area contributed by atoms with Gasteiger partial charge in [-0.2, -0.15) is 0 Å². The normalized spacial score (nSPS) is 14.5. The molecule has 0 aliphatic rings. The third-order valence-corrected chi connectivity index (χ3v) is 4.25. The summed E-state index contributed by atoms with van der Waals surface area (Å²) in [5.41, 5.74) is 5.03. The lowest BCUT2D eigenvalue weighted by Crippen LogP contribution is -2.49. The lowest BCUT2D eigenvalue weighted by molar-refractivity contribution is -0.125. The Morgan fingerprint density at radius 1 is 1.41 bits per heavy atom. The second-order valence-electron chi connectivity index (χ2n) is 4.76. The van der Waals surface area contributed by atoms with Crippen molar-refractivity contribution in [2.45, 2.75) is 25.5 Å². The molecular weight excluding hydrogens is 244 g/mol. The number of sulfone groups is 1. The van der Waals surface area contributed by atoms with E-state index in [1.165, 1.54) is 26.1 Å². The average Bonchev–Trinajstić information content (AvgIpc) is 2.15. The Hall–Kier alpha value is -0.660. The minimum Gasteiger partial charge on any atom is -0.377 e. The number of carbonyl (C=O) groups is 1. The maximum Gasteiger partial charge on any atom is 0.237 e. The molecule has 1 unspecified atom stereocenters. The number of amides is 1. The Morgan fingerprint density at radius 3 is 2.24 bits per heavy atom. The minimum atomic E-state index is -3.51. The van der Waals surface area contributed by atoms with Crippen LogP contribution in [0, 0.1) is 0 Å². The highest BCUT2D eigenvalue weighted by Crippen LogP contribution is 2.13. The van der Waals surface area contributed by atoms with Crippen molar-refractivity contribution in [2.75, 3.05) is 32.7 Å². The summed E-state index contributed by atoms with van der Waals surface area (Å²) >= 11 is 0. The monoisotopic (exact) mass is 266 g/mol. The van der Waals surface area contributed by atoms with Crippen molar-refractivity contribution < 1.29 is 17.9 Å². The number of ether oxygens (including phenoxy) is 1. The van der Waals surface area contributed by atoms with Crippen LogP contribution in [0.3, 0.4) is 0 Å². The predicted octanol–water partition coefficient (Wildman–Crippen LogP) is -0.758. The zero-order valence-corrected chi connectivity index (χ0v) is 11.9. The quantitative estimate of drug-likeness (QED) is 0.682. The van der Waals surface area contributed by atoms with Crippen LogP contribution in [0.15, 0.2) is 0 Å². The molecule has 0 saturated heterocycles. The standard InChI is InChI=1S/C10H22N2O4S/c1-10(2,16-5)8(11)6-17(14,15)7-9(13)12(3)4/h8H,6-7,11H2,1-5H3. The van der Waals surface area contributed by atoms with Crippen LogP contribution in [0.25, 0.3) is 0 Å². The van der Waals surface area contributed by atoms with E-state index in [0.29, 0.717) is 0 Å². The second-order valence-corrected chi connectivity index (χ2v) is 6.87. The summed E-state index contributed by atoms with van der Waals surface area (Å²) in [5, 5.41) is 0. The Kier molecular flexibility index (Phi) is 5.57. The first-order chi connectivity index (χ1) is 7.52. The summed E-state index contributed by atoms with van der Waals surface area (Å²) in [7, 11) is 0.977. The summed E-state index contributed by atoms with van der Waals surface area (Å²) in [6.45, 7) is 3.42. The summed E-state index contributed by atoms with van der Waals surface area (Å²) in [6, 6.07) is -0.674. The third kappa shape index (κ3) is 5.47. The smallest absolute Gasteiger partial charge is 0.237 e. The molecule has 0 rings (SSSR count). The van der Waals surface area contributed by atoms with Crippen molar-refractivity contribution >= 4 is 15.7 Å². The molecule has 0 aliphatic carbocycles. The predicted molar refractivity (Wildman–Crippen MR) is 66.4 cm³/mol. The molecule has 6 nitrogen and oxygen atoms in total. The molecule has 0 spiro atoms. The Bertz CT molecular complexity index is 363. The third-order valence-electron chi connectivity index (χ3n) is 2.69. The van der Waals surface area contributed by atoms with E-state index in [0.717, 1.165) is 0 Å². The molecule has 0 aliphatic heterocycles. The molecule has 0 heterocycles. The van der Waals surface area contributed by atoms with Crippen LogP contribution in [0.4, 0.5) is 0 Å². The van der Waals surface area contributed by atoms with Gasteiger partial charge in [0.05, 0.1) is 11.4 Å². The van der Waals surface area contributed by atoms with Crippen LogP contribution >= 0.6 is 0 Å². The molecule has 0 saturated carbocycles. The number of rotatable bonds is 6. The van der Waals surface area contributed by atoms with E-state index in [1.807, 2.05) is 0 Å². The van der Waals surface area contributed by atoms with E-state index in [1.54, 1.807) is 13.8 Å². The molecule has 1 atom stereocenters. The number of hydrogen-bond acceptors (Lipinski definition) is 5. The van der Waals surface area contributed by atoms with E-state index < -0.39 is 33.1 Å². The van der Waals surface area contributed by atoms with Crippen LogP contribution in [0.5, 0.6) is 0 Å². The van der Waals surface area contributed by atoms with Crippen molar-refractivity contribution in [1.82, 2.24) is 4.90 Å². The first-order valence-electron chi connectivity index (χ1n) is 5.23. The van der Waals surface area contributed by atoms with Crippen molar-refractivity contribution in [3.05, 3.63) is 0 Å². The molecule has 7 heteroatoms. The molecule has 0 aromatic heterocycles. The van der Waals surface area contributed by atoms with Crippen LogP contribution in [0.2, 0.25) is 0 Å². The van der Waals surface area contributed by atoms with Crippen LogP contribution < -0.4 is 5.73 Å². The summed E-state index contributed by atoms with van der Waals surface area (Å²) < 4.78 is 28.6. The van der Waals surface area contributed by atoms with E-state index in [4.69, 9.17) is 10.5 Å². The second kappa shape index (κ2) is 5.79. The van der Waals surface area contributed by atoms with Gasteiger partial charge in [-0.05, 0) is 13.8 Å². The topological polar surface area (TPSA) is 89.7 Å². The van der Waals surface area contributed by atoms with Gasteiger partial charge in [0.1, 0.15) is 5.75 Å². The molecule has 0 bridgehead atoms. The Labute approximate surface area is 103 Å². The van der Waals surface area contributed by atoms with Gasteiger partial charge in [0.15, 0.2) is 9.84 Å². The molecule has 17 heavy (non-hydrogen) atoms. The van der Waals surface area contributed by atoms with Crippen LogP contribution in [0.1, 0.15) is 13.8 Å². The molecule has 2 N–H and O–H groups in total. The fourth-order valence-electron chi connectivity index (χ4n) is 1.00. The largest absolute Gasteiger partial charge is 0.377 e. The van der Waals surface area contributed by atoms with E-state index in [9.17, 15) is 13.2 Å². The number of hydrogen-bond donors (Lipinski definition) is 1. The van der Waals surface area contributed by atoms with E-state index in [2.05, 4.69) is 0 Å². The van der Waals surface area contributed by atoms with Crippen LogP contribution in [-0.4, -0.2) is 63.6 Å². The summed E-state index contributed by atoms with van der Waals surface area (Å²) in [6.07, 6.45) is 0. The average molecular weight is 266 g/mol. The Morgan fingerprint density at radius 2 is 1.88 bits per heavy atom. The molecule has 0 aromatic carbocycles. The van der Waals surface area contributed by atoms with Gasteiger partial charge in [0.2, 0.25) is 5.91 Å². The highest BCUT2D eigenvalue weighted by atomic mass is 32.2. The van der Waals surface area contributed by atoms with Gasteiger partial charge in [-0.25, -0.2) is 8.42 Å². The zero-order chi connectivity index (χ0) is 13.9. The lowest BCUT2D eigenvalue weighted by Gasteiger charge is -2.29. The molecule has 1 amide bonds. The van der Waals surface area contributed by atoms with Gasteiger partial charge in [-0.1, -0.05) is 0 Å². The van der Waals surface area contributed by atoms with Gasteiger partial charge < -0.3 is 15.4 Å². The number of methoxy groups -OCH3 is 1. The zero-order valence-electron chi connectivity index (χ0n) is 11.1.